The molecule has 1 atom stereocenters. The number of thioether (sulfide) groups is 1. The number of amides is 1. The van der Waals surface area contributed by atoms with Crippen LogP contribution in [-0.4, -0.2) is 11.7 Å². The molecule has 124 valence electrons. The fourth-order valence-corrected chi connectivity index (χ4v) is 4.86. The summed E-state index contributed by atoms with van der Waals surface area (Å²) in [5, 5.41) is 22.8. The molecule has 1 spiro atoms. The van der Waals surface area contributed by atoms with Crippen LogP contribution in [0.25, 0.3) is 0 Å². The summed E-state index contributed by atoms with van der Waals surface area (Å²) >= 11 is 1.58. The number of hydrogen-bond donors (Lipinski definition) is 1. The van der Waals surface area contributed by atoms with Crippen molar-refractivity contribution in [3.05, 3.63) is 10.6 Å². The van der Waals surface area contributed by atoms with E-state index in [1.165, 1.54) is 19.3 Å². The van der Waals surface area contributed by atoms with Gasteiger partial charge in [0.05, 0.1) is 22.7 Å². The molecule has 0 aromatic carbocycles. The molecule has 2 rings (SSSR count). The van der Waals surface area contributed by atoms with Gasteiger partial charge >= 0.3 is 0 Å². The monoisotopic (exact) mass is 331 g/mol. The Morgan fingerprint density at radius 2 is 1.96 bits per heavy atom. The van der Waals surface area contributed by atoms with Gasteiger partial charge in [-0.15, -0.1) is 11.8 Å². The van der Waals surface area contributed by atoms with Crippen LogP contribution < -0.4 is 5.32 Å². The van der Waals surface area contributed by atoms with Crippen molar-refractivity contribution in [3.63, 3.8) is 0 Å². The van der Waals surface area contributed by atoms with Crippen molar-refractivity contribution in [1.82, 2.24) is 5.32 Å². The Labute approximate surface area is 143 Å². The molecule has 1 heterocycles. The Hall–Kier alpha value is -1.46. The lowest BCUT2D eigenvalue weighted by Gasteiger charge is -2.43. The van der Waals surface area contributed by atoms with Gasteiger partial charge in [-0.1, -0.05) is 45.4 Å². The standard InChI is InChI=1S/C18H25N3OS/c1-2-3-4-8-11-23-17-15(13-20)18(9-6-5-7-10-18)14(12-19)16(22)21-17/h14H,2-11H2,1H3,(H,21,22)/t14-/m1/s1. The highest BCUT2D eigenvalue weighted by molar-refractivity contribution is 8.03. The highest BCUT2D eigenvalue weighted by Crippen LogP contribution is 2.51. The summed E-state index contributed by atoms with van der Waals surface area (Å²) in [5.74, 6) is -0.0278. The number of nitrogens with zero attached hydrogens (tertiary/aromatic N) is 2. The van der Waals surface area contributed by atoms with Crippen molar-refractivity contribution in [2.24, 2.45) is 11.3 Å². The third kappa shape index (κ3) is 3.72. The highest BCUT2D eigenvalue weighted by Gasteiger charge is 2.51. The SMILES string of the molecule is CCCCCCSC1=C(C#N)C2(CCCCC2)[C@H](C#N)C(=O)N1. The molecular formula is C18H25N3OS. The molecule has 0 radical (unpaired) electrons. The van der Waals surface area contributed by atoms with E-state index in [-0.39, 0.29) is 5.91 Å². The minimum atomic E-state index is -0.720. The Bertz CT molecular complexity index is 550. The van der Waals surface area contributed by atoms with Crippen LogP contribution in [0.1, 0.15) is 64.7 Å². The Balaban J connectivity index is 2.22. The van der Waals surface area contributed by atoms with Gasteiger partial charge in [0.1, 0.15) is 5.92 Å². The van der Waals surface area contributed by atoms with Gasteiger partial charge in [0.25, 0.3) is 0 Å². The maximum absolute atomic E-state index is 12.4. The molecule has 0 aromatic rings. The molecule has 1 N–H and O–H groups in total. The van der Waals surface area contributed by atoms with E-state index in [1.54, 1.807) is 11.8 Å². The third-order valence-electron chi connectivity index (χ3n) is 5.01. The molecule has 4 nitrogen and oxygen atoms in total. The minimum Gasteiger partial charge on any atom is -0.319 e. The average molecular weight is 331 g/mol. The maximum atomic E-state index is 12.4. The zero-order valence-corrected chi connectivity index (χ0v) is 14.7. The van der Waals surface area contributed by atoms with Crippen LogP contribution in [-0.2, 0) is 4.79 Å². The van der Waals surface area contributed by atoms with Gasteiger partial charge in [0.15, 0.2) is 0 Å². The van der Waals surface area contributed by atoms with Crippen LogP contribution in [0.4, 0.5) is 0 Å². The van der Waals surface area contributed by atoms with Crippen LogP contribution >= 0.6 is 11.8 Å². The first-order chi connectivity index (χ1) is 11.2. The van der Waals surface area contributed by atoms with Crippen LogP contribution in [0.2, 0.25) is 0 Å². The fraction of sp³-hybridized carbons (Fsp3) is 0.722. The van der Waals surface area contributed by atoms with Crippen molar-refractivity contribution in [2.75, 3.05) is 5.75 Å². The molecule has 1 fully saturated rings. The molecule has 1 amide bonds. The summed E-state index contributed by atoms with van der Waals surface area (Å²) in [6.45, 7) is 2.18. The average Bonchev–Trinajstić information content (AvgIpc) is 2.56. The number of hydrogen-bond acceptors (Lipinski definition) is 4. The van der Waals surface area contributed by atoms with E-state index in [9.17, 15) is 15.3 Å². The van der Waals surface area contributed by atoms with Gasteiger partial charge in [0, 0.05) is 5.41 Å². The Morgan fingerprint density at radius 3 is 2.57 bits per heavy atom. The third-order valence-corrected chi connectivity index (χ3v) is 6.10. The van der Waals surface area contributed by atoms with E-state index in [2.05, 4.69) is 24.4 Å². The molecule has 0 unspecified atom stereocenters. The summed E-state index contributed by atoms with van der Waals surface area (Å²) < 4.78 is 0. The molecule has 5 heteroatoms. The second-order valence-electron chi connectivity index (χ2n) is 6.49. The van der Waals surface area contributed by atoms with Gasteiger partial charge in [-0.3, -0.25) is 4.79 Å². The Morgan fingerprint density at radius 1 is 1.22 bits per heavy atom. The molecular weight excluding hydrogens is 306 g/mol. The summed E-state index contributed by atoms with van der Waals surface area (Å²) in [4.78, 5) is 12.4. The van der Waals surface area contributed by atoms with Crippen molar-refractivity contribution in [2.45, 2.75) is 64.7 Å². The van der Waals surface area contributed by atoms with Crippen LogP contribution in [0.3, 0.4) is 0 Å². The van der Waals surface area contributed by atoms with Crippen molar-refractivity contribution in [3.8, 4) is 12.1 Å². The van der Waals surface area contributed by atoms with E-state index in [0.29, 0.717) is 10.6 Å². The molecule has 1 aliphatic heterocycles. The minimum absolute atomic E-state index is 0.218. The van der Waals surface area contributed by atoms with Gasteiger partial charge < -0.3 is 5.32 Å². The number of carbonyl (C=O) groups excluding carboxylic acids is 1. The van der Waals surface area contributed by atoms with Gasteiger partial charge in [0.2, 0.25) is 5.91 Å². The normalized spacial score (nSPS) is 23.3. The first-order valence-corrected chi connectivity index (χ1v) is 9.66. The molecule has 0 bridgehead atoms. The van der Waals surface area contributed by atoms with Crippen molar-refractivity contribution < 1.29 is 4.79 Å². The predicted molar refractivity (Wildman–Crippen MR) is 92.0 cm³/mol. The topological polar surface area (TPSA) is 76.7 Å². The summed E-state index contributed by atoms with van der Waals surface area (Å²) in [7, 11) is 0. The zero-order chi connectivity index (χ0) is 16.7. The molecule has 1 aliphatic carbocycles. The highest BCUT2D eigenvalue weighted by atomic mass is 32.2. The van der Waals surface area contributed by atoms with Crippen LogP contribution in [0.15, 0.2) is 10.6 Å². The summed E-state index contributed by atoms with van der Waals surface area (Å²) in [5.41, 5.74) is 0.111. The van der Waals surface area contributed by atoms with Crippen molar-refractivity contribution in [1.29, 1.82) is 10.5 Å². The van der Waals surface area contributed by atoms with Crippen molar-refractivity contribution >= 4 is 17.7 Å². The van der Waals surface area contributed by atoms with E-state index in [0.717, 1.165) is 44.3 Å². The van der Waals surface area contributed by atoms with E-state index >= 15 is 0 Å². The molecule has 2 aliphatic rings. The smallest absolute Gasteiger partial charge is 0.243 e. The lowest BCUT2D eigenvalue weighted by Crippen LogP contribution is -2.48. The Kier molecular flexibility index (Phi) is 6.54. The summed E-state index contributed by atoms with van der Waals surface area (Å²) in [6.07, 6.45) is 9.35. The van der Waals surface area contributed by atoms with Gasteiger partial charge in [-0.25, -0.2) is 0 Å². The van der Waals surface area contributed by atoms with Gasteiger partial charge in [-0.2, -0.15) is 10.5 Å². The van der Waals surface area contributed by atoms with E-state index < -0.39 is 11.3 Å². The first kappa shape index (κ1) is 17.9. The number of allylic oxidation sites excluding steroid dienone is 1. The maximum Gasteiger partial charge on any atom is 0.243 e. The predicted octanol–water partition coefficient (Wildman–Crippen LogP) is 4.26. The number of nitriles is 2. The van der Waals surface area contributed by atoms with Crippen LogP contribution in [0.5, 0.6) is 0 Å². The molecule has 1 saturated carbocycles. The number of carbonyl (C=O) groups is 1. The second-order valence-corrected chi connectivity index (χ2v) is 7.60. The fourth-order valence-electron chi connectivity index (χ4n) is 3.74. The quantitative estimate of drug-likeness (QED) is 0.738. The largest absolute Gasteiger partial charge is 0.319 e. The lowest BCUT2D eigenvalue weighted by atomic mass is 9.61. The molecule has 0 saturated heterocycles. The van der Waals surface area contributed by atoms with E-state index in [4.69, 9.17) is 0 Å². The molecule has 23 heavy (non-hydrogen) atoms. The zero-order valence-electron chi connectivity index (χ0n) is 13.9. The first-order valence-electron chi connectivity index (χ1n) is 8.67. The van der Waals surface area contributed by atoms with E-state index in [1.807, 2.05) is 0 Å². The van der Waals surface area contributed by atoms with Crippen LogP contribution in [0, 0.1) is 34.0 Å². The second kappa shape index (κ2) is 8.41. The number of nitrogens with one attached hydrogen (secondary N) is 1. The number of unbranched alkanes of at least 4 members (excludes halogenated alkanes) is 3. The summed E-state index contributed by atoms with van der Waals surface area (Å²) in [6, 6.07) is 4.52. The molecule has 0 aromatic heterocycles. The number of rotatable bonds is 6. The van der Waals surface area contributed by atoms with Gasteiger partial charge in [-0.05, 0) is 25.0 Å². The lowest BCUT2D eigenvalue weighted by molar-refractivity contribution is -0.126.